The predicted molar refractivity (Wildman–Crippen MR) is 76.3 cm³/mol. The zero-order valence-corrected chi connectivity index (χ0v) is 12.8. The van der Waals surface area contributed by atoms with Gasteiger partial charge in [0.25, 0.3) is 0 Å². The van der Waals surface area contributed by atoms with Gasteiger partial charge in [0.15, 0.2) is 0 Å². The van der Waals surface area contributed by atoms with E-state index in [9.17, 15) is 8.42 Å². The van der Waals surface area contributed by atoms with Gasteiger partial charge in [-0.15, -0.1) is 0 Å². The second-order valence-electron chi connectivity index (χ2n) is 5.28. The summed E-state index contributed by atoms with van der Waals surface area (Å²) in [7, 11) is -3.52. The number of hydrogen-bond donors (Lipinski definition) is 0. The van der Waals surface area contributed by atoms with Crippen LogP contribution in [0.15, 0.2) is 29.4 Å². The average molecular weight is 312 g/mol. The van der Waals surface area contributed by atoms with E-state index < -0.39 is 10.0 Å². The molecule has 1 saturated carbocycles. The second-order valence-corrected chi connectivity index (χ2v) is 7.17. The van der Waals surface area contributed by atoms with E-state index >= 15 is 0 Å². The van der Waals surface area contributed by atoms with Crippen molar-refractivity contribution in [3.8, 4) is 0 Å². The molecule has 0 amide bonds. The number of hydrogen-bond acceptors (Lipinski definition) is 5. The minimum absolute atomic E-state index is 0.00750. The Bertz CT molecular complexity index is 578. The molecule has 0 bridgehead atoms. The van der Waals surface area contributed by atoms with Crippen LogP contribution in [-0.2, 0) is 19.5 Å². The maximum atomic E-state index is 12.8. The zero-order chi connectivity index (χ0) is 14.9. The van der Waals surface area contributed by atoms with E-state index in [0.29, 0.717) is 19.8 Å². The molecule has 2 fully saturated rings. The number of fused-ring (bicyclic) bond motifs is 1. The molecule has 1 aliphatic carbocycles. The number of ether oxygens (including phenoxy) is 2. The van der Waals surface area contributed by atoms with Crippen molar-refractivity contribution in [1.29, 1.82) is 0 Å². The Morgan fingerprint density at radius 1 is 1.48 bits per heavy atom. The van der Waals surface area contributed by atoms with Crippen LogP contribution < -0.4 is 0 Å². The molecular weight excluding hydrogens is 292 g/mol. The van der Waals surface area contributed by atoms with Crippen LogP contribution in [0.25, 0.3) is 0 Å². The first-order chi connectivity index (χ1) is 10.1. The number of sulfonamides is 1. The topological polar surface area (TPSA) is 68.7 Å². The van der Waals surface area contributed by atoms with Gasteiger partial charge in [-0.2, -0.15) is 4.31 Å². The first-order valence-electron chi connectivity index (χ1n) is 7.29. The lowest BCUT2D eigenvalue weighted by molar-refractivity contribution is -0.0938. The molecule has 1 aromatic rings. The maximum absolute atomic E-state index is 12.8. The van der Waals surface area contributed by atoms with Gasteiger partial charge < -0.3 is 9.47 Å². The number of pyridine rings is 1. The molecule has 1 aromatic heterocycles. The molecule has 3 rings (SSSR count). The molecule has 116 valence electrons. The zero-order valence-electron chi connectivity index (χ0n) is 12.0. The predicted octanol–water partition coefficient (Wildman–Crippen LogP) is 1.04. The van der Waals surface area contributed by atoms with E-state index in [1.807, 2.05) is 6.92 Å². The molecular formula is C14H20N2O4S. The van der Waals surface area contributed by atoms with Gasteiger partial charge in [-0.1, -0.05) is 0 Å². The van der Waals surface area contributed by atoms with Gasteiger partial charge in [-0.25, -0.2) is 8.42 Å². The summed E-state index contributed by atoms with van der Waals surface area (Å²) in [5.41, 5.74) is 0. The van der Waals surface area contributed by atoms with Crippen LogP contribution in [0.2, 0.25) is 0 Å². The number of aromatic nitrogens is 1. The molecule has 6 nitrogen and oxygen atoms in total. The summed E-state index contributed by atoms with van der Waals surface area (Å²) >= 11 is 0. The largest absolute Gasteiger partial charge is 0.376 e. The van der Waals surface area contributed by atoms with E-state index in [0.717, 1.165) is 12.8 Å². The van der Waals surface area contributed by atoms with Crippen LogP contribution in [0.5, 0.6) is 0 Å². The van der Waals surface area contributed by atoms with Crippen LogP contribution in [0.3, 0.4) is 0 Å². The molecule has 21 heavy (non-hydrogen) atoms. The van der Waals surface area contributed by atoms with Crippen molar-refractivity contribution >= 4 is 10.0 Å². The Kier molecular flexibility index (Phi) is 4.26. The fourth-order valence-electron chi connectivity index (χ4n) is 3.21. The molecule has 0 spiro atoms. The quantitative estimate of drug-likeness (QED) is 0.831. The fourth-order valence-corrected chi connectivity index (χ4v) is 4.82. The van der Waals surface area contributed by atoms with Crippen molar-refractivity contribution in [2.75, 3.05) is 19.8 Å². The molecule has 7 heteroatoms. The SMILES string of the molecule is CCO[C@@H]1CC[C@@H]2[C@@H]1OCCN2S(=O)(=O)c1cccnc1. The van der Waals surface area contributed by atoms with E-state index in [1.165, 1.54) is 6.20 Å². The number of rotatable bonds is 4. The molecule has 3 atom stereocenters. The Morgan fingerprint density at radius 3 is 3.05 bits per heavy atom. The van der Waals surface area contributed by atoms with Gasteiger partial charge in [0.2, 0.25) is 10.0 Å². The standard InChI is InChI=1S/C14H20N2O4S/c1-2-19-13-6-5-12-14(13)20-9-8-16(12)21(17,18)11-4-3-7-15-10-11/h3-4,7,10,12-14H,2,5-6,8-9H2,1H3/t12-,13-,14+/m1/s1. The molecule has 1 aliphatic heterocycles. The maximum Gasteiger partial charge on any atom is 0.245 e. The van der Waals surface area contributed by atoms with E-state index in [4.69, 9.17) is 9.47 Å². The van der Waals surface area contributed by atoms with Gasteiger partial charge in [0.1, 0.15) is 11.0 Å². The van der Waals surface area contributed by atoms with Gasteiger partial charge in [0.05, 0.1) is 18.8 Å². The van der Waals surface area contributed by atoms with Crippen molar-refractivity contribution in [3.05, 3.63) is 24.5 Å². The lowest BCUT2D eigenvalue weighted by Crippen LogP contribution is -2.53. The van der Waals surface area contributed by atoms with Crippen molar-refractivity contribution < 1.29 is 17.9 Å². The van der Waals surface area contributed by atoms with E-state index in [1.54, 1.807) is 22.6 Å². The molecule has 2 aliphatic rings. The van der Waals surface area contributed by atoms with Crippen LogP contribution in [0, 0.1) is 0 Å². The average Bonchev–Trinajstić information content (AvgIpc) is 2.92. The van der Waals surface area contributed by atoms with Crippen LogP contribution >= 0.6 is 0 Å². The van der Waals surface area contributed by atoms with Crippen LogP contribution in [0.1, 0.15) is 19.8 Å². The minimum Gasteiger partial charge on any atom is -0.376 e. The van der Waals surface area contributed by atoms with Gasteiger partial charge in [-0.05, 0) is 31.9 Å². The fraction of sp³-hybridized carbons (Fsp3) is 0.643. The minimum atomic E-state index is -3.52. The lowest BCUT2D eigenvalue weighted by atomic mass is 10.1. The summed E-state index contributed by atoms with van der Waals surface area (Å²) < 4.78 is 38.6. The van der Waals surface area contributed by atoms with Crippen molar-refractivity contribution in [2.24, 2.45) is 0 Å². The molecule has 0 radical (unpaired) electrons. The summed E-state index contributed by atoms with van der Waals surface area (Å²) in [6.07, 6.45) is 4.41. The monoisotopic (exact) mass is 312 g/mol. The number of nitrogens with zero attached hydrogens (tertiary/aromatic N) is 2. The lowest BCUT2D eigenvalue weighted by Gasteiger charge is -2.37. The highest BCUT2D eigenvalue weighted by atomic mass is 32.2. The molecule has 0 N–H and O–H groups in total. The highest BCUT2D eigenvalue weighted by Gasteiger charge is 2.47. The Balaban J connectivity index is 1.86. The first-order valence-corrected chi connectivity index (χ1v) is 8.73. The van der Waals surface area contributed by atoms with Gasteiger partial charge in [0, 0.05) is 25.5 Å². The van der Waals surface area contributed by atoms with E-state index in [2.05, 4.69) is 4.98 Å². The van der Waals surface area contributed by atoms with Crippen LogP contribution in [0.4, 0.5) is 0 Å². The van der Waals surface area contributed by atoms with E-state index in [-0.39, 0.29) is 23.1 Å². The third-order valence-corrected chi connectivity index (χ3v) is 6.01. The Labute approximate surface area is 125 Å². The van der Waals surface area contributed by atoms with Crippen molar-refractivity contribution in [3.63, 3.8) is 0 Å². The summed E-state index contributed by atoms with van der Waals surface area (Å²) in [6, 6.07) is 3.09. The Morgan fingerprint density at radius 2 is 2.33 bits per heavy atom. The smallest absolute Gasteiger partial charge is 0.245 e. The summed E-state index contributed by atoms with van der Waals surface area (Å²) in [5.74, 6) is 0. The van der Waals surface area contributed by atoms with Crippen molar-refractivity contribution in [2.45, 2.75) is 42.9 Å². The second kappa shape index (κ2) is 6.00. The van der Waals surface area contributed by atoms with Gasteiger partial charge in [-0.3, -0.25) is 4.98 Å². The highest BCUT2D eigenvalue weighted by molar-refractivity contribution is 7.89. The van der Waals surface area contributed by atoms with Crippen molar-refractivity contribution in [1.82, 2.24) is 9.29 Å². The molecule has 0 unspecified atom stereocenters. The molecule has 2 heterocycles. The van der Waals surface area contributed by atoms with Gasteiger partial charge >= 0.3 is 0 Å². The summed E-state index contributed by atoms with van der Waals surface area (Å²) in [6.45, 7) is 3.36. The normalized spacial score (nSPS) is 30.2. The molecule has 1 saturated heterocycles. The highest BCUT2D eigenvalue weighted by Crippen LogP contribution is 2.35. The first kappa shape index (κ1) is 14.9. The summed E-state index contributed by atoms with van der Waals surface area (Å²) in [5, 5.41) is 0. The third-order valence-electron chi connectivity index (χ3n) is 4.11. The summed E-state index contributed by atoms with van der Waals surface area (Å²) in [4.78, 5) is 4.16. The third kappa shape index (κ3) is 2.70. The Hall–Kier alpha value is -1.02. The van der Waals surface area contributed by atoms with Crippen LogP contribution in [-0.4, -0.2) is 55.7 Å². The number of morpholine rings is 1. The molecule has 0 aromatic carbocycles.